The SMILES string of the molecule is CSC(C)CNC(=O)c1ccc(C)c(C#CCO)c1. The smallest absolute Gasteiger partial charge is 0.251 e. The second kappa shape index (κ2) is 7.88. The number of hydrogen-bond donors (Lipinski definition) is 2. The Kier molecular flexibility index (Phi) is 6.48. The highest BCUT2D eigenvalue weighted by Crippen LogP contribution is 2.10. The van der Waals surface area contributed by atoms with Crippen molar-refractivity contribution in [3.8, 4) is 11.8 Å². The van der Waals surface area contributed by atoms with Gasteiger partial charge in [-0.1, -0.05) is 24.8 Å². The normalized spacial score (nSPS) is 11.4. The number of aryl methyl sites for hydroxylation is 1. The summed E-state index contributed by atoms with van der Waals surface area (Å²) >= 11 is 1.71. The number of carbonyl (C=O) groups excluding carboxylic acids is 1. The molecule has 0 aliphatic rings. The first-order valence-electron chi connectivity index (χ1n) is 6.10. The third-order valence-corrected chi connectivity index (χ3v) is 3.73. The lowest BCUT2D eigenvalue weighted by Crippen LogP contribution is -2.29. The molecule has 0 aromatic heterocycles. The second-order valence-electron chi connectivity index (χ2n) is 4.25. The molecular weight excluding hydrogens is 258 g/mol. The van der Waals surface area contributed by atoms with Crippen molar-refractivity contribution >= 4 is 17.7 Å². The average molecular weight is 277 g/mol. The van der Waals surface area contributed by atoms with E-state index in [1.807, 2.05) is 19.2 Å². The maximum absolute atomic E-state index is 12.0. The monoisotopic (exact) mass is 277 g/mol. The Morgan fingerprint density at radius 1 is 1.53 bits per heavy atom. The molecule has 1 aromatic carbocycles. The number of aliphatic hydroxyl groups excluding tert-OH is 1. The molecule has 0 heterocycles. The topological polar surface area (TPSA) is 49.3 Å². The van der Waals surface area contributed by atoms with E-state index in [-0.39, 0.29) is 12.5 Å². The van der Waals surface area contributed by atoms with Crippen molar-refractivity contribution in [1.82, 2.24) is 5.32 Å². The van der Waals surface area contributed by atoms with Crippen molar-refractivity contribution in [1.29, 1.82) is 0 Å². The van der Waals surface area contributed by atoms with E-state index in [4.69, 9.17) is 5.11 Å². The van der Waals surface area contributed by atoms with Gasteiger partial charge >= 0.3 is 0 Å². The van der Waals surface area contributed by atoms with Crippen LogP contribution >= 0.6 is 11.8 Å². The minimum absolute atomic E-state index is 0.0899. The molecule has 1 amide bonds. The highest BCUT2D eigenvalue weighted by Gasteiger charge is 2.08. The van der Waals surface area contributed by atoms with Gasteiger partial charge in [0.25, 0.3) is 5.91 Å². The van der Waals surface area contributed by atoms with Crippen LogP contribution < -0.4 is 5.32 Å². The van der Waals surface area contributed by atoms with Gasteiger partial charge in [-0.3, -0.25) is 4.79 Å². The lowest BCUT2D eigenvalue weighted by molar-refractivity contribution is 0.0954. The molecule has 19 heavy (non-hydrogen) atoms. The largest absolute Gasteiger partial charge is 0.384 e. The van der Waals surface area contributed by atoms with Crippen LogP contribution in [0.5, 0.6) is 0 Å². The van der Waals surface area contributed by atoms with E-state index >= 15 is 0 Å². The molecule has 1 rings (SSSR count). The predicted octanol–water partition coefficient (Wildman–Crippen LogP) is 1.82. The number of benzene rings is 1. The third-order valence-electron chi connectivity index (χ3n) is 2.75. The van der Waals surface area contributed by atoms with Gasteiger partial charge in [-0.15, -0.1) is 0 Å². The molecule has 0 aliphatic heterocycles. The van der Waals surface area contributed by atoms with Crippen LogP contribution in [-0.2, 0) is 0 Å². The number of nitrogens with one attached hydrogen (secondary N) is 1. The molecule has 1 unspecified atom stereocenters. The van der Waals surface area contributed by atoms with Crippen molar-refractivity contribution in [2.24, 2.45) is 0 Å². The zero-order chi connectivity index (χ0) is 14.3. The summed E-state index contributed by atoms with van der Waals surface area (Å²) in [5.41, 5.74) is 2.37. The van der Waals surface area contributed by atoms with E-state index < -0.39 is 0 Å². The Balaban J connectivity index is 2.81. The van der Waals surface area contributed by atoms with Crippen molar-refractivity contribution in [2.75, 3.05) is 19.4 Å². The first kappa shape index (κ1) is 15.6. The summed E-state index contributed by atoms with van der Waals surface area (Å²) in [7, 11) is 0. The van der Waals surface area contributed by atoms with Crippen molar-refractivity contribution in [3.63, 3.8) is 0 Å². The Morgan fingerprint density at radius 3 is 2.89 bits per heavy atom. The summed E-state index contributed by atoms with van der Waals surface area (Å²) < 4.78 is 0. The highest BCUT2D eigenvalue weighted by molar-refractivity contribution is 7.99. The van der Waals surface area contributed by atoms with Gasteiger partial charge in [-0.25, -0.2) is 0 Å². The van der Waals surface area contributed by atoms with E-state index in [2.05, 4.69) is 24.1 Å². The first-order chi connectivity index (χ1) is 9.08. The van der Waals surface area contributed by atoms with E-state index in [0.717, 1.165) is 11.1 Å². The number of aliphatic hydroxyl groups is 1. The maximum atomic E-state index is 12.0. The predicted molar refractivity (Wildman–Crippen MR) is 80.5 cm³/mol. The van der Waals surface area contributed by atoms with Gasteiger partial charge in [-0.05, 0) is 30.9 Å². The molecule has 1 aromatic rings. The number of amides is 1. The van der Waals surface area contributed by atoms with Crippen LogP contribution in [0.25, 0.3) is 0 Å². The fraction of sp³-hybridized carbons (Fsp3) is 0.400. The van der Waals surface area contributed by atoms with Gasteiger partial charge in [-0.2, -0.15) is 11.8 Å². The molecule has 0 aliphatic carbocycles. The lowest BCUT2D eigenvalue weighted by Gasteiger charge is -2.10. The molecule has 2 N–H and O–H groups in total. The first-order valence-corrected chi connectivity index (χ1v) is 7.38. The summed E-state index contributed by atoms with van der Waals surface area (Å²) in [6.45, 7) is 4.46. The summed E-state index contributed by atoms with van der Waals surface area (Å²) in [5, 5.41) is 12.0. The van der Waals surface area contributed by atoms with Crippen LogP contribution in [0.1, 0.15) is 28.4 Å². The van der Waals surface area contributed by atoms with Gasteiger partial charge in [0.05, 0.1) is 0 Å². The summed E-state index contributed by atoms with van der Waals surface area (Å²) in [6.07, 6.45) is 2.02. The molecule has 0 spiro atoms. The quantitative estimate of drug-likeness (QED) is 0.825. The molecule has 0 bridgehead atoms. The number of rotatable bonds is 4. The van der Waals surface area contributed by atoms with Crippen molar-refractivity contribution in [3.05, 3.63) is 34.9 Å². The van der Waals surface area contributed by atoms with Crippen molar-refractivity contribution < 1.29 is 9.90 Å². The van der Waals surface area contributed by atoms with Gasteiger partial charge in [0.2, 0.25) is 0 Å². The molecule has 0 saturated heterocycles. The Hall–Kier alpha value is -1.44. The molecule has 4 heteroatoms. The van der Waals surface area contributed by atoms with Crippen LogP contribution in [0.3, 0.4) is 0 Å². The Morgan fingerprint density at radius 2 is 2.26 bits per heavy atom. The molecule has 102 valence electrons. The molecule has 3 nitrogen and oxygen atoms in total. The second-order valence-corrected chi connectivity index (χ2v) is 5.52. The molecule has 0 saturated carbocycles. The average Bonchev–Trinajstić information content (AvgIpc) is 2.43. The van der Waals surface area contributed by atoms with E-state index in [0.29, 0.717) is 17.4 Å². The van der Waals surface area contributed by atoms with Crippen LogP contribution in [0.2, 0.25) is 0 Å². The fourth-order valence-electron chi connectivity index (χ4n) is 1.45. The fourth-order valence-corrected chi connectivity index (χ4v) is 1.70. The maximum Gasteiger partial charge on any atom is 0.251 e. The van der Waals surface area contributed by atoms with Gasteiger partial charge in [0.15, 0.2) is 0 Å². The van der Waals surface area contributed by atoms with Crippen LogP contribution in [0, 0.1) is 18.8 Å². The van der Waals surface area contributed by atoms with Gasteiger partial charge in [0, 0.05) is 22.9 Å². The highest BCUT2D eigenvalue weighted by atomic mass is 32.2. The van der Waals surface area contributed by atoms with Gasteiger partial charge < -0.3 is 10.4 Å². The molecule has 0 radical (unpaired) electrons. The standard InChI is InChI=1S/C15H19NO2S/c1-11-6-7-14(9-13(11)5-4-8-17)15(18)16-10-12(2)19-3/h6-7,9,12,17H,8,10H2,1-3H3,(H,16,18). The summed E-state index contributed by atoms with van der Waals surface area (Å²) in [5.74, 6) is 5.36. The van der Waals surface area contributed by atoms with Gasteiger partial charge in [0.1, 0.15) is 6.61 Å². The number of thioether (sulfide) groups is 1. The number of carbonyl (C=O) groups is 1. The van der Waals surface area contributed by atoms with Crippen LogP contribution in [0.15, 0.2) is 18.2 Å². The minimum Gasteiger partial charge on any atom is -0.384 e. The zero-order valence-corrected chi connectivity index (χ0v) is 12.3. The van der Waals surface area contributed by atoms with E-state index in [1.54, 1.807) is 23.9 Å². The molecular formula is C15H19NO2S. The minimum atomic E-state index is -0.179. The van der Waals surface area contributed by atoms with Crippen LogP contribution in [0.4, 0.5) is 0 Å². The summed E-state index contributed by atoms with van der Waals surface area (Å²) in [4.78, 5) is 12.0. The zero-order valence-electron chi connectivity index (χ0n) is 11.5. The van der Waals surface area contributed by atoms with E-state index in [1.165, 1.54) is 0 Å². The van der Waals surface area contributed by atoms with Crippen LogP contribution in [-0.4, -0.2) is 35.7 Å². The Bertz CT molecular complexity index is 503. The summed E-state index contributed by atoms with van der Waals surface area (Å²) in [6, 6.07) is 5.42. The lowest BCUT2D eigenvalue weighted by atomic mass is 10.0. The number of hydrogen-bond acceptors (Lipinski definition) is 3. The Labute approximate surface area is 118 Å². The molecule has 1 atom stereocenters. The third kappa shape index (κ3) is 4.98. The molecule has 0 fully saturated rings. The van der Waals surface area contributed by atoms with E-state index in [9.17, 15) is 4.79 Å². The van der Waals surface area contributed by atoms with Crippen molar-refractivity contribution in [2.45, 2.75) is 19.1 Å².